The molecule has 3 heteroatoms. The van der Waals surface area contributed by atoms with Crippen LogP contribution in [0, 0.1) is 0 Å². The summed E-state index contributed by atoms with van der Waals surface area (Å²) in [5, 5.41) is 0. The Labute approximate surface area is 76.2 Å². The van der Waals surface area contributed by atoms with E-state index in [1.165, 1.54) is 0 Å². The van der Waals surface area contributed by atoms with E-state index >= 15 is 0 Å². The van der Waals surface area contributed by atoms with Crippen molar-refractivity contribution in [3.8, 4) is 0 Å². The van der Waals surface area contributed by atoms with Crippen molar-refractivity contribution < 1.29 is 0 Å². The van der Waals surface area contributed by atoms with Crippen LogP contribution in [-0.2, 0) is 0 Å². The van der Waals surface area contributed by atoms with Crippen molar-refractivity contribution in [2.45, 2.75) is 19.9 Å². The molecular formula is C10H12N2O. The first kappa shape index (κ1) is 8.10. The van der Waals surface area contributed by atoms with Gasteiger partial charge < -0.3 is 0 Å². The van der Waals surface area contributed by atoms with Crippen LogP contribution < -0.4 is 5.56 Å². The summed E-state index contributed by atoms with van der Waals surface area (Å²) in [7, 11) is 0. The third-order valence-electron chi connectivity index (χ3n) is 2.10. The first-order valence-electron chi connectivity index (χ1n) is 4.39. The van der Waals surface area contributed by atoms with Crippen molar-refractivity contribution in [2.24, 2.45) is 0 Å². The zero-order valence-electron chi connectivity index (χ0n) is 7.77. The van der Waals surface area contributed by atoms with Gasteiger partial charge >= 0.3 is 0 Å². The lowest BCUT2D eigenvalue weighted by molar-refractivity contribution is 0.479. The second-order valence-electron chi connectivity index (χ2n) is 3.39. The van der Waals surface area contributed by atoms with Crippen molar-refractivity contribution in [3.05, 3.63) is 40.8 Å². The molecule has 0 bridgehead atoms. The zero-order valence-corrected chi connectivity index (χ0v) is 7.77. The Kier molecular flexibility index (Phi) is 1.72. The Hall–Kier alpha value is -1.51. The topological polar surface area (TPSA) is 26.4 Å². The van der Waals surface area contributed by atoms with E-state index in [-0.39, 0.29) is 11.6 Å². The molecule has 3 nitrogen and oxygen atoms in total. The third-order valence-corrected chi connectivity index (χ3v) is 2.10. The first-order valence-corrected chi connectivity index (χ1v) is 4.39. The predicted molar refractivity (Wildman–Crippen MR) is 52.0 cm³/mol. The maximum absolute atomic E-state index is 11.5. The Morgan fingerprint density at radius 1 is 1.23 bits per heavy atom. The number of hydrogen-bond donors (Lipinski definition) is 0. The van der Waals surface area contributed by atoms with Gasteiger partial charge in [-0.15, -0.1) is 0 Å². The molecule has 0 saturated heterocycles. The number of rotatable bonds is 1. The van der Waals surface area contributed by atoms with Crippen molar-refractivity contribution >= 4 is 5.52 Å². The summed E-state index contributed by atoms with van der Waals surface area (Å²) in [6.45, 7) is 4.00. The molecule has 0 spiro atoms. The summed E-state index contributed by atoms with van der Waals surface area (Å²) in [5.74, 6) is 0. The van der Waals surface area contributed by atoms with E-state index in [0.717, 1.165) is 5.52 Å². The van der Waals surface area contributed by atoms with E-state index in [1.807, 2.05) is 42.8 Å². The monoisotopic (exact) mass is 176 g/mol. The summed E-state index contributed by atoms with van der Waals surface area (Å²) in [5.41, 5.74) is 1.09. The lowest BCUT2D eigenvalue weighted by Gasteiger charge is -2.12. The molecule has 0 amide bonds. The second-order valence-corrected chi connectivity index (χ2v) is 3.39. The first-order chi connectivity index (χ1) is 6.20. The van der Waals surface area contributed by atoms with Gasteiger partial charge in [0.05, 0.1) is 5.52 Å². The molecule has 2 aromatic heterocycles. The SMILES string of the molecule is CC(C)n1c(=O)ccc2cccn21. The molecule has 2 aromatic rings. The molecule has 0 atom stereocenters. The number of hydrogen-bond acceptors (Lipinski definition) is 1. The average Bonchev–Trinajstić information content (AvgIpc) is 2.50. The molecule has 0 fully saturated rings. The van der Waals surface area contributed by atoms with Gasteiger partial charge in [0.1, 0.15) is 0 Å². The molecule has 2 heterocycles. The number of aromatic nitrogens is 2. The van der Waals surface area contributed by atoms with Crippen LogP contribution in [0.5, 0.6) is 0 Å². The molecule has 0 aliphatic carbocycles. The zero-order chi connectivity index (χ0) is 9.42. The molecule has 0 aliphatic heterocycles. The van der Waals surface area contributed by atoms with E-state index < -0.39 is 0 Å². The Bertz CT molecular complexity index is 479. The minimum Gasteiger partial charge on any atom is -0.268 e. The van der Waals surface area contributed by atoms with Gasteiger partial charge in [-0.2, -0.15) is 0 Å². The van der Waals surface area contributed by atoms with E-state index in [0.29, 0.717) is 0 Å². The summed E-state index contributed by atoms with van der Waals surface area (Å²) in [6, 6.07) is 7.55. The van der Waals surface area contributed by atoms with Gasteiger partial charge in [0.25, 0.3) is 5.56 Å². The molecule has 68 valence electrons. The van der Waals surface area contributed by atoms with Crippen molar-refractivity contribution in [1.29, 1.82) is 0 Å². The highest BCUT2D eigenvalue weighted by atomic mass is 16.1. The quantitative estimate of drug-likeness (QED) is 0.649. The van der Waals surface area contributed by atoms with Gasteiger partial charge in [-0.25, -0.2) is 4.68 Å². The van der Waals surface area contributed by atoms with Crippen LogP contribution in [0.3, 0.4) is 0 Å². The molecule has 13 heavy (non-hydrogen) atoms. The van der Waals surface area contributed by atoms with Gasteiger partial charge in [-0.05, 0) is 32.0 Å². The van der Waals surface area contributed by atoms with E-state index in [2.05, 4.69) is 0 Å². The van der Waals surface area contributed by atoms with Crippen LogP contribution in [0.2, 0.25) is 0 Å². The molecule has 0 unspecified atom stereocenters. The maximum Gasteiger partial charge on any atom is 0.265 e. The molecule has 0 saturated carbocycles. The van der Waals surface area contributed by atoms with Crippen LogP contribution in [-0.4, -0.2) is 9.20 Å². The van der Waals surface area contributed by atoms with E-state index in [4.69, 9.17) is 0 Å². The fraction of sp³-hybridized carbons (Fsp3) is 0.300. The van der Waals surface area contributed by atoms with Crippen molar-refractivity contribution in [1.82, 2.24) is 9.20 Å². The van der Waals surface area contributed by atoms with Gasteiger partial charge in [0, 0.05) is 18.3 Å². The smallest absolute Gasteiger partial charge is 0.265 e. The highest BCUT2D eigenvalue weighted by molar-refractivity contribution is 5.45. The molecular weight excluding hydrogens is 164 g/mol. The fourth-order valence-electron chi connectivity index (χ4n) is 1.56. The Morgan fingerprint density at radius 2 is 2.00 bits per heavy atom. The van der Waals surface area contributed by atoms with Crippen LogP contribution in [0.25, 0.3) is 5.52 Å². The third kappa shape index (κ3) is 1.16. The maximum atomic E-state index is 11.5. The highest BCUT2D eigenvalue weighted by Gasteiger charge is 2.03. The fourth-order valence-corrected chi connectivity index (χ4v) is 1.56. The Balaban J connectivity index is 2.89. The number of fused-ring (bicyclic) bond motifs is 1. The van der Waals surface area contributed by atoms with Crippen molar-refractivity contribution in [3.63, 3.8) is 0 Å². The van der Waals surface area contributed by atoms with Gasteiger partial charge in [-0.3, -0.25) is 9.31 Å². The average molecular weight is 176 g/mol. The number of nitrogens with zero attached hydrogens (tertiary/aromatic N) is 2. The van der Waals surface area contributed by atoms with Crippen molar-refractivity contribution in [2.75, 3.05) is 0 Å². The van der Waals surface area contributed by atoms with E-state index in [1.54, 1.807) is 10.7 Å². The summed E-state index contributed by atoms with van der Waals surface area (Å²) >= 11 is 0. The highest BCUT2D eigenvalue weighted by Crippen LogP contribution is 2.05. The lowest BCUT2D eigenvalue weighted by Crippen LogP contribution is -2.26. The summed E-state index contributed by atoms with van der Waals surface area (Å²) in [4.78, 5) is 11.5. The minimum atomic E-state index is 0.0405. The van der Waals surface area contributed by atoms with Gasteiger partial charge in [-0.1, -0.05) is 0 Å². The van der Waals surface area contributed by atoms with E-state index in [9.17, 15) is 4.79 Å². The normalized spacial score (nSPS) is 11.3. The van der Waals surface area contributed by atoms with Crippen LogP contribution in [0.15, 0.2) is 35.3 Å². The van der Waals surface area contributed by atoms with Gasteiger partial charge in [0.2, 0.25) is 0 Å². The predicted octanol–water partition coefficient (Wildman–Crippen LogP) is 1.68. The summed E-state index contributed by atoms with van der Waals surface area (Å²) in [6.07, 6.45) is 1.90. The molecule has 0 aliphatic rings. The molecule has 0 N–H and O–H groups in total. The van der Waals surface area contributed by atoms with Crippen LogP contribution in [0.1, 0.15) is 19.9 Å². The second kappa shape index (κ2) is 2.76. The largest absolute Gasteiger partial charge is 0.268 e. The standard InChI is InChI=1S/C10H12N2O/c1-8(2)12-10(13)6-5-9-4-3-7-11(9)12/h3-8H,1-2H3. The van der Waals surface area contributed by atoms with Gasteiger partial charge in [0.15, 0.2) is 0 Å². The van der Waals surface area contributed by atoms with Crippen LogP contribution >= 0.6 is 0 Å². The molecule has 2 rings (SSSR count). The Morgan fingerprint density at radius 3 is 2.69 bits per heavy atom. The lowest BCUT2D eigenvalue weighted by atomic mass is 10.4. The molecule has 0 radical (unpaired) electrons. The summed E-state index contributed by atoms with van der Waals surface area (Å²) < 4.78 is 3.61. The minimum absolute atomic E-state index is 0.0405. The van der Waals surface area contributed by atoms with Crippen LogP contribution in [0.4, 0.5) is 0 Å². The molecule has 0 aromatic carbocycles.